The number of nitrogens with two attached hydrogens (primary N) is 1. The first-order valence-corrected chi connectivity index (χ1v) is 5.25. The number of aliphatic hydroxyl groups is 1. The number of nitrogen functional groups attached to an aromatic ring is 1. The summed E-state index contributed by atoms with van der Waals surface area (Å²) in [5.41, 5.74) is 8.62. The molecule has 1 aromatic rings. The zero-order valence-electron chi connectivity index (χ0n) is 9.42. The monoisotopic (exact) mass is 209 g/mol. The van der Waals surface area contributed by atoms with Crippen LogP contribution in [0.1, 0.15) is 24.0 Å². The highest BCUT2D eigenvalue weighted by molar-refractivity contribution is 5.52. The van der Waals surface area contributed by atoms with Crippen molar-refractivity contribution in [2.45, 2.75) is 26.7 Å². The van der Waals surface area contributed by atoms with E-state index in [2.05, 4.69) is 0 Å². The van der Waals surface area contributed by atoms with Crippen LogP contribution in [0.3, 0.4) is 0 Å². The smallest absolute Gasteiger partial charge is 0.125 e. The third-order valence-electron chi connectivity index (χ3n) is 2.28. The van der Waals surface area contributed by atoms with Crippen LogP contribution in [0.25, 0.3) is 0 Å². The molecule has 84 valence electrons. The molecule has 0 atom stereocenters. The lowest BCUT2D eigenvalue weighted by molar-refractivity contribution is 0.252. The largest absolute Gasteiger partial charge is 0.493 e. The maximum Gasteiger partial charge on any atom is 0.125 e. The van der Waals surface area contributed by atoms with Crippen molar-refractivity contribution in [2.75, 3.05) is 18.9 Å². The van der Waals surface area contributed by atoms with Gasteiger partial charge in [0.2, 0.25) is 0 Å². The van der Waals surface area contributed by atoms with Crippen LogP contribution in [-0.4, -0.2) is 18.3 Å². The van der Waals surface area contributed by atoms with Gasteiger partial charge in [-0.25, -0.2) is 0 Å². The van der Waals surface area contributed by atoms with Crippen LogP contribution in [0, 0.1) is 13.8 Å². The summed E-state index contributed by atoms with van der Waals surface area (Å²) in [5.74, 6) is 0.919. The van der Waals surface area contributed by atoms with Gasteiger partial charge < -0.3 is 15.6 Å². The Morgan fingerprint density at radius 1 is 1.20 bits per heavy atom. The average molecular weight is 209 g/mol. The fourth-order valence-electron chi connectivity index (χ4n) is 1.60. The van der Waals surface area contributed by atoms with Crippen molar-refractivity contribution in [3.8, 4) is 5.75 Å². The summed E-state index contributed by atoms with van der Waals surface area (Å²) < 4.78 is 5.66. The number of unbranched alkanes of at least 4 members (excludes halogenated alkanes) is 1. The topological polar surface area (TPSA) is 55.5 Å². The molecule has 1 aromatic carbocycles. The molecule has 0 amide bonds. The molecular formula is C12H19NO2. The van der Waals surface area contributed by atoms with Gasteiger partial charge in [0.1, 0.15) is 5.75 Å². The number of rotatable bonds is 5. The van der Waals surface area contributed by atoms with Gasteiger partial charge in [-0.2, -0.15) is 0 Å². The highest BCUT2D eigenvalue weighted by Gasteiger charge is 2.04. The molecule has 3 heteroatoms. The maximum absolute atomic E-state index is 8.64. The summed E-state index contributed by atoms with van der Waals surface area (Å²) in [7, 11) is 0. The van der Waals surface area contributed by atoms with E-state index in [-0.39, 0.29) is 6.61 Å². The van der Waals surface area contributed by atoms with Crippen LogP contribution in [-0.2, 0) is 0 Å². The van der Waals surface area contributed by atoms with E-state index in [1.165, 1.54) is 0 Å². The quantitative estimate of drug-likeness (QED) is 0.576. The molecule has 0 bridgehead atoms. The normalized spacial score (nSPS) is 10.3. The Morgan fingerprint density at radius 2 is 1.80 bits per heavy atom. The number of anilines is 1. The van der Waals surface area contributed by atoms with Crippen molar-refractivity contribution in [3.05, 3.63) is 23.3 Å². The molecule has 3 N–H and O–H groups in total. The van der Waals surface area contributed by atoms with E-state index >= 15 is 0 Å². The van der Waals surface area contributed by atoms with Crippen molar-refractivity contribution < 1.29 is 9.84 Å². The van der Waals surface area contributed by atoms with Crippen molar-refractivity contribution in [1.82, 2.24) is 0 Å². The number of hydrogen-bond donors (Lipinski definition) is 2. The van der Waals surface area contributed by atoms with Gasteiger partial charge in [-0.3, -0.25) is 0 Å². The second-order valence-corrected chi connectivity index (χ2v) is 3.76. The summed E-state index contributed by atoms with van der Waals surface area (Å²) >= 11 is 0. The van der Waals surface area contributed by atoms with Crippen molar-refractivity contribution in [3.63, 3.8) is 0 Å². The zero-order chi connectivity index (χ0) is 11.3. The first-order valence-electron chi connectivity index (χ1n) is 5.25. The minimum Gasteiger partial charge on any atom is -0.493 e. The van der Waals surface area contributed by atoms with E-state index in [0.29, 0.717) is 6.61 Å². The summed E-state index contributed by atoms with van der Waals surface area (Å²) in [4.78, 5) is 0. The fourth-order valence-corrected chi connectivity index (χ4v) is 1.60. The van der Waals surface area contributed by atoms with Gasteiger partial charge in [-0.15, -0.1) is 0 Å². The molecular weight excluding hydrogens is 190 g/mol. The van der Waals surface area contributed by atoms with Gasteiger partial charge in [-0.1, -0.05) is 0 Å². The average Bonchev–Trinajstić information content (AvgIpc) is 2.15. The molecule has 0 fully saturated rings. The highest BCUT2D eigenvalue weighted by atomic mass is 16.5. The minimum atomic E-state index is 0.225. The van der Waals surface area contributed by atoms with Gasteiger partial charge in [-0.05, 0) is 49.9 Å². The second-order valence-electron chi connectivity index (χ2n) is 3.76. The zero-order valence-corrected chi connectivity index (χ0v) is 9.42. The van der Waals surface area contributed by atoms with Crippen LogP contribution in [0.4, 0.5) is 5.69 Å². The Labute approximate surface area is 90.9 Å². The predicted molar refractivity (Wildman–Crippen MR) is 62.1 cm³/mol. The molecule has 0 heterocycles. The van der Waals surface area contributed by atoms with E-state index < -0.39 is 0 Å². The summed E-state index contributed by atoms with van der Waals surface area (Å²) in [6.45, 7) is 4.85. The Bertz CT molecular complexity index is 300. The fraction of sp³-hybridized carbons (Fsp3) is 0.500. The molecule has 0 aliphatic heterocycles. The number of benzene rings is 1. The van der Waals surface area contributed by atoms with Gasteiger partial charge in [0.15, 0.2) is 0 Å². The molecule has 0 saturated heterocycles. The Hall–Kier alpha value is -1.22. The van der Waals surface area contributed by atoms with Crippen LogP contribution < -0.4 is 10.5 Å². The first kappa shape index (κ1) is 11.9. The standard InChI is InChI=1S/C12H19NO2/c1-9-7-11(13)8-10(2)12(9)15-6-4-3-5-14/h7-8,14H,3-6,13H2,1-2H3. The van der Waals surface area contributed by atoms with Crippen molar-refractivity contribution in [1.29, 1.82) is 0 Å². The third kappa shape index (κ3) is 3.44. The first-order chi connectivity index (χ1) is 7.15. The third-order valence-corrected chi connectivity index (χ3v) is 2.28. The van der Waals surface area contributed by atoms with Crippen LogP contribution in [0.15, 0.2) is 12.1 Å². The molecule has 3 nitrogen and oxygen atoms in total. The number of hydrogen-bond acceptors (Lipinski definition) is 3. The van der Waals surface area contributed by atoms with E-state index in [1.54, 1.807) is 0 Å². The van der Waals surface area contributed by atoms with Crippen LogP contribution >= 0.6 is 0 Å². The lowest BCUT2D eigenvalue weighted by Gasteiger charge is -2.12. The lowest BCUT2D eigenvalue weighted by Crippen LogP contribution is -2.02. The highest BCUT2D eigenvalue weighted by Crippen LogP contribution is 2.25. The number of aliphatic hydroxyl groups excluding tert-OH is 1. The van der Waals surface area contributed by atoms with E-state index in [4.69, 9.17) is 15.6 Å². The Morgan fingerprint density at radius 3 is 2.33 bits per heavy atom. The summed E-state index contributed by atoms with van der Waals surface area (Å²) in [6.07, 6.45) is 1.66. The molecule has 1 rings (SSSR count). The van der Waals surface area contributed by atoms with Crippen molar-refractivity contribution in [2.24, 2.45) is 0 Å². The minimum absolute atomic E-state index is 0.225. The van der Waals surface area contributed by atoms with Crippen LogP contribution in [0.5, 0.6) is 5.75 Å². The van der Waals surface area contributed by atoms with Crippen molar-refractivity contribution >= 4 is 5.69 Å². The maximum atomic E-state index is 8.64. The lowest BCUT2D eigenvalue weighted by atomic mass is 10.1. The molecule has 0 radical (unpaired) electrons. The molecule has 15 heavy (non-hydrogen) atoms. The Balaban J connectivity index is 2.60. The van der Waals surface area contributed by atoms with Gasteiger partial charge in [0.25, 0.3) is 0 Å². The van der Waals surface area contributed by atoms with Gasteiger partial charge in [0.05, 0.1) is 6.61 Å². The molecule has 0 aliphatic rings. The predicted octanol–water partition coefficient (Wildman–Crippen LogP) is 2.04. The SMILES string of the molecule is Cc1cc(N)cc(C)c1OCCCCO. The molecule has 0 unspecified atom stereocenters. The summed E-state index contributed by atoms with van der Waals surface area (Å²) in [6, 6.07) is 3.82. The summed E-state index contributed by atoms with van der Waals surface area (Å²) in [5, 5.41) is 8.64. The second kappa shape index (κ2) is 5.61. The molecule has 0 aliphatic carbocycles. The number of ether oxygens (including phenoxy) is 1. The Kier molecular flexibility index (Phi) is 4.43. The van der Waals surface area contributed by atoms with Gasteiger partial charge >= 0.3 is 0 Å². The van der Waals surface area contributed by atoms with Crippen LogP contribution in [0.2, 0.25) is 0 Å². The molecule has 0 aromatic heterocycles. The molecule has 0 saturated carbocycles. The number of aryl methyl sites for hydroxylation is 2. The van der Waals surface area contributed by atoms with E-state index in [9.17, 15) is 0 Å². The van der Waals surface area contributed by atoms with E-state index in [1.807, 2.05) is 26.0 Å². The van der Waals surface area contributed by atoms with E-state index in [0.717, 1.165) is 35.4 Å². The molecule has 0 spiro atoms. The van der Waals surface area contributed by atoms with Gasteiger partial charge in [0, 0.05) is 12.3 Å².